The number of primary amides is 1. The Hall–Kier alpha value is -1.78. The van der Waals surface area contributed by atoms with Crippen LogP contribution in [-0.4, -0.2) is 17.0 Å². The summed E-state index contributed by atoms with van der Waals surface area (Å²) in [7, 11) is 0. The monoisotopic (exact) mass is 265 g/mol. The molecule has 5 heteroatoms. The first kappa shape index (κ1) is 15.3. The fourth-order valence-corrected chi connectivity index (χ4v) is 1.85. The molecule has 0 aromatic carbocycles. The molecule has 1 aromatic rings. The van der Waals surface area contributed by atoms with Gasteiger partial charge in [0.25, 0.3) is 5.91 Å². The number of nitrogen functional groups attached to an aromatic ring is 1. The molecule has 1 aromatic heterocycles. The number of nitrogens with two attached hydrogens (primary N) is 2. The highest BCUT2D eigenvalue weighted by atomic mass is 16.5. The molecule has 0 bridgehead atoms. The van der Waals surface area contributed by atoms with E-state index < -0.39 is 5.91 Å². The number of hydrogen-bond acceptors (Lipinski definition) is 4. The molecule has 1 heterocycles. The lowest BCUT2D eigenvalue weighted by Crippen LogP contribution is -2.16. The molecule has 0 aliphatic heterocycles. The fourth-order valence-electron chi connectivity index (χ4n) is 1.85. The molecule has 0 aliphatic carbocycles. The smallest absolute Gasteiger partial charge is 0.251 e. The van der Waals surface area contributed by atoms with Crippen LogP contribution in [0.5, 0.6) is 5.88 Å². The predicted molar refractivity (Wildman–Crippen MR) is 76.0 cm³/mol. The van der Waals surface area contributed by atoms with Crippen LogP contribution in [0, 0.1) is 0 Å². The Morgan fingerprint density at radius 2 is 2.16 bits per heavy atom. The number of ether oxygens (including phenoxy) is 1. The first-order valence-corrected chi connectivity index (χ1v) is 6.76. The molecule has 0 saturated heterocycles. The zero-order valence-electron chi connectivity index (χ0n) is 11.7. The molecule has 1 atom stereocenters. The summed E-state index contributed by atoms with van der Waals surface area (Å²) in [6.07, 6.45) is 7.25. The van der Waals surface area contributed by atoms with E-state index in [0.29, 0.717) is 5.88 Å². The van der Waals surface area contributed by atoms with Gasteiger partial charge >= 0.3 is 0 Å². The quantitative estimate of drug-likeness (QED) is 0.706. The van der Waals surface area contributed by atoms with Crippen molar-refractivity contribution in [2.24, 2.45) is 5.73 Å². The maximum Gasteiger partial charge on any atom is 0.251 e. The van der Waals surface area contributed by atoms with Gasteiger partial charge in [-0.25, -0.2) is 4.98 Å². The number of aromatic nitrogens is 1. The lowest BCUT2D eigenvalue weighted by Gasteiger charge is -2.14. The second-order valence-electron chi connectivity index (χ2n) is 4.75. The van der Waals surface area contributed by atoms with Crippen LogP contribution in [0.1, 0.15) is 56.3 Å². The number of rotatable bonds is 8. The Kier molecular flexibility index (Phi) is 6.12. The summed E-state index contributed by atoms with van der Waals surface area (Å²) in [5.74, 6) is -0.175. The van der Waals surface area contributed by atoms with Gasteiger partial charge in [-0.2, -0.15) is 0 Å². The molecule has 5 nitrogen and oxygen atoms in total. The summed E-state index contributed by atoms with van der Waals surface area (Å²) in [5, 5.41) is 0. The van der Waals surface area contributed by atoms with Gasteiger partial charge in [0.15, 0.2) is 0 Å². The normalized spacial score (nSPS) is 12.1. The number of amides is 1. The summed E-state index contributed by atoms with van der Waals surface area (Å²) in [6, 6.07) is 1.50. The lowest BCUT2D eigenvalue weighted by atomic mass is 10.1. The average Bonchev–Trinajstić information content (AvgIpc) is 2.36. The van der Waals surface area contributed by atoms with Crippen molar-refractivity contribution in [2.75, 3.05) is 5.73 Å². The third kappa shape index (κ3) is 5.16. The van der Waals surface area contributed by atoms with Crippen molar-refractivity contribution in [2.45, 2.75) is 52.1 Å². The third-order valence-corrected chi connectivity index (χ3v) is 2.96. The molecule has 0 spiro atoms. The minimum atomic E-state index is -0.569. The minimum absolute atomic E-state index is 0.0636. The van der Waals surface area contributed by atoms with E-state index in [9.17, 15) is 4.79 Å². The van der Waals surface area contributed by atoms with Crippen LogP contribution in [-0.2, 0) is 0 Å². The number of carbonyl (C=O) groups is 1. The van der Waals surface area contributed by atoms with Gasteiger partial charge in [-0.1, -0.05) is 26.2 Å². The van der Waals surface area contributed by atoms with Crippen molar-refractivity contribution in [1.82, 2.24) is 4.98 Å². The Morgan fingerprint density at radius 1 is 1.42 bits per heavy atom. The maximum absolute atomic E-state index is 11.2. The van der Waals surface area contributed by atoms with E-state index in [1.54, 1.807) is 0 Å². The van der Waals surface area contributed by atoms with Crippen molar-refractivity contribution < 1.29 is 9.53 Å². The number of hydrogen-bond donors (Lipinski definition) is 2. The van der Waals surface area contributed by atoms with Crippen molar-refractivity contribution >= 4 is 11.6 Å². The molecule has 0 aliphatic rings. The van der Waals surface area contributed by atoms with Crippen molar-refractivity contribution in [3.05, 3.63) is 17.8 Å². The SMILES string of the molecule is CCCCCCC(C)Oc1cc(C(N)=O)c(N)cn1. The van der Waals surface area contributed by atoms with Crippen LogP contribution in [0.4, 0.5) is 5.69 Å². The molecule has 0 fully saturated rings. The van der Waals surface area contributed by atoms with Gasteiger partial charge in [0.05, 0.1) is 23.6 Å². The summed E-state index contributed by atoms with van der Waals surface area (Å²) >= 11 is 0. The van der Waals surface area contributed by atoms with E-state index in [-0.39, 0.29) is 17.4 Å². The molecular weight excluding hydrogens is 242 g/mol. The molecule has 0 saturated carbocycles. The van der Waals surface area contributed by atoms with Crippen LogP contribution >= 0.6 is 0 Å². The Bertz CT molecular complexity index is 421. The summed E-state index contributed by atoms with van der Waals surface area (Å²) < 4.78 is 5.67. The first-order chi connectivity index (χ1) is 9.04. The second-order valence-corrected chi connectivity index (χ2v) is 4.75. The number of nitrogens with zero attached hydrogens (tertiary/aromatic N) is 1. The van der Waals surface area contributed by atoms with Crippen molar-refractivity contribution in [3.8, 4) is 5.88 Å². The fraction of sp³-hybridized carbons (Fsp3) is 0.571. The van der Waals surface area contributed by atoms with Crippen LogP contribution in [0.15, 0.2) is 12.3 Å². The molecule has 1 rings (SSSR count). The standard InChI is InChI=1S/C14H23N3O2/c1-3-4-5-6-7-10(2)19-13-8-11(14(16)18)12(15)9-17-13/h8-10H,3-7,15H2,1-2H3,(H2,16,18). The van der Waals surface area contributed by atoms with E-state index >= 15 is 0 Å². The molecule has 1 unspecified atom stereocenters. The molecule has 106 valence electrons. The van der Waals surface area contributed by atoms with Gasteiger partial charge in [-0.3, -0.25) is 4.79 Å². The zero-order valence-corrected chi connectivity index (χ0v) is 11.7. The minimum Gasteiger partial charge on any atom is -0.475 e. The Morgan fingerprint density at radius 3 is 2.79 bits per heavy atom. The van der Waals surface area contributed by atoms with E-state index in [4.69, 9.17) is 16.2 Å². The number of anilines is 1. The van der Waals surface area contributed by atoms with Gasteiger partial charge in [0.1, 0.15) is 0 Å². The summed E-state index contributed by atoms with van der Waals surface area (Å²) in [6.45, 7) is 4.18. The largest absolute Gasteiger partial charge is 0.475 e. The zero-order chi connectivity index (χ0) is 14.3. The van der Waals surface area contributed by atoms with E-state index in [1.807, 2.05) is 6.92 Å². The molecule has 0 radical (unpaired) electrons. The van der Waals surface area contributed by atoms with Gasteiger partial charge in [0, 0.05) is 6.07 Å². The molecule has 4 N–H and O–H groups in total. The maximum atomic E-state index is 11.2. The molecule has 1 amide bonds. The summed E-state index contributed by atoms with van der Waals surface area (Å²) in [4.78, 5) is 15.2. The second kappa shape index (κ2) is 7.61. The topological polar surface area (TPSA) is 91.2 Å². The van der Waals surface area contributed by atoms with Crippen LogP contribution in [0.25, 0.3) is 0 Å². The highest BCUT2D eigenvalue weighted by Crippen LogP contribution is 2.18. The molecule has 19 heavy (non-hydrogen) atoms. The number of carbonyl (C=O) groups excluding carboxylic acids is 1. The predicted octanol–water partition coefficient (Wildman–Crippen LogP) is 2.50. The van der Waals surface area contributed by atoms with Gasteiger partial charge in [-0.05, 0) is 19.8 Å². The van der Waals surface area contributed by atoms with Crippen molar-refractivity contribution in [1.29, 1.82) is 0 Å². The van der Waals surface area contributed by atoms with Gasteiger partial charge < -0.3 is 16.2 Å². The van der Waals surface area contributed by atoms with Gasteiger partial charge in [-0.15, -0.1) is 0 Å². The van der Waals surface area contributed by atoms with Crippen molar-refractivity contribution in [3.63, 3.8) is 0 Å². The van der Waals surface area contributed by atoms with Crippen LogP contribution in [0.2, 0.25) is 0 Å². The van der Waals surface area contributed by atoms with Gasteiger partial charge in [0.2, 0.25) is 5.88 Å². The van der Waals surface area contributed by atoms with E-state index in [0.717, 1.165) is 12.8 Å². The van der Waals surface area contributed by atoms with E-state index in [1.165, 1.54) is 31.5 Å². The van der Waals surface area contributed by atoms with E-state index in [2.05, 4.69) is 11.9 Å². The Balaban J connectivity index is 2.52. The third-order valence-electron chi connectivity index (χ3n) is 2.96. The van der Waals surface area contributed by atoms with Crippen LogP contribution in [0.3, 0.4) is 0 Å². The summed E-state index contributed by atoms with van der Waals surface area (Å²) in [5.41, 5.74) is 11.4. The lowest BCUT2D eigenvalue weighted by molar-refractivity contribution is 0.1000. The first-order valence-electron chi connectivity index (χ1n) is 6.76. The average molecular weight is 265 g/mol. The number of pyridine rings is 1. The highest BCUT2D eigenvalue weighted by Gasteiger charge is 2.10. The Labute approximate surface area is 114 Å². The number of unbranched alkanes of at least 4 members (excludes halogenated alkanes) is 3. The van der Waals surface area contributed by atoms with Crippen LogP contribution < -0.4 is 16.2 Å². The molecular formula is C14H23N3O2. The highest BCUT2D eigenvalue weighted by molar-refractivity contribution is 5.97.